The van der Waals surface area contributed by atoms with Gasteiger partial charge in [-0.05, 0) is 12.0 Å². The Morgan fingerprint density at radius 3 is 2.50 bits per heavy atom. The third-order valence-corrected chi connectivity index (χ3v) is 2.71. The summed E-state index contributed by atoms with van der Waals surface area (Å²) in [4.78, 5) is 0. The van der Waals surface area contributed by atoms with E-state index in [4.69, 9.17) is 19.9 Å². The molecule has 1 aromatic carbocycles. The van der Waals surface area contributed by atoms with Gasteiger partial charge in [-0.2, -0.15) is 0 Å². The molecule has 20 heavy (non-hydrogen) atoms. The molecule has 0 aliphatic carbocycles. The molecule has 0 unspecified atom stereocenters. The summed E-state index contributed by atoms with van der Waals surface area (Å²) in [5, 5.41) is 0. The minimum absolute atomic E-state index is 0.500. The van der Waals surface area contributed by atoms with Gasteiger partial charge in [-0.1, -0.05) is 32.0 Å². The molecule has 0 aliphatic heterocycles. The number of hydrogen-bond donors (Lipinski definition) is 1. The summed E-state index contributed by atoms with van der Waals surface area (Å²) in [5.74, 6) is 1.45. The summed E-state index contributed by atoms with van der Waals surface area (Å²) in [6.07, 6.45) is 0.864. The molecule has 1 aromatic rings. The van der Waals surface area contributed by atoms with E-state index < -0.39 is 0 Å². The smallest absolute Gasteiger partial charge is 0.123 e. The fourth-order valence-corrected chi connectivity index (χ4v) is 1.70. The second kappa shape index (κ2) is 10.7. The zero-order valence-electron chi connectivity index (χ0n) is 12.6. The first-order chi connectivity index (χ1) is 9.74. The van der Waals surface area contributed by atoms with Crippen LogP contribution in [-0.2, 0) is 16.0 Å². The van der Waals surface area contributed by atoms with E-state index in [1.165, 1.54) is 0 Å². The van der Waals surface area contributed by atoms with Crippen LogP contribution in [0.5, 0.6) is 5.75 Å². The van der Waals surface area contributed by atoms with Gasteiger partial charge >= 0.3 is 0 Å². The molecule has 0 atom stereocenters. The van der Waals surface area contributed by atoms with Crippen molar-refractivity contribution in [1.82, 2.24) is 0 Å². The van der Waals surface area contributed by atoms with Crippen molar-refractivity contribution in [2.75, 3.05) is 33.0 Å². The Morgan fingerprint density at radius 2 is 1.75 bits per heavy atom. The third-order valence-electron chi connectivity index (χ3n) is 2.71. The zero-order valence-corrected chi connectivity index (χ0v) is 12.6. The normalized spacial score (nSPS) is 11.0. The van der Waals surface area contributed by atoms with Gasteiger partial charge in [0.15, 0.2) is 0 Å². The van der Waals surface area contributed by atoms with E-state index in [0.717, 1.165) is 24.3 Å². The van der Waals surface area contributed by atoms with Crippen LogP contribution in [0.25, 0.3) is 0 Å². The highest BCUT2D eigenvalue weighted by Crippen LogP contribution is 2.16. The quantitative estimate of drug-likeness (QED) is 0.633. The number of benzene rings is 1. The maximum atomic E-state index is 5.70. The van der Waals surface area contributed by atoms with E-state index in [1.54, 1.807) is 0 Å². The molecule has 2 N–H and O–H groups in total. The molecule has 4 nitrogen and oxygen atoms in total. The molecule has 0 radical (unpaired) electrons. The van der Waals surface area contributed by atoms with Gasteiger partial charge in [-0.25, -0.2) is 0 Å². The van der Waals surface area contributed by atoms with E-state index in [9.17, 15) is 0 Å². The summed E-state index contributed by atoms with van der Waals surface area (Å²) >= 11 is 0. The molecule has 0 aliphatic rings. The standard InChI is InChI=1S/C16H27NO3/c1-14(2)13-19-11-10-18-8-5-9-20-16-7-4-3-6-15(16)12-17/h3-4,6-7,14H,5,8-13,17H2,1-2H3. The highest BCUT2D eigenvalue weighted by molar-refractivity contribution is 5.32. The first-order valence-corrected chi connectivity index (χ1v) is 7.30. The van der Waals surface area contributed by atoms with Gasteiger partial charge in [-0.15, -0.1) is 0 Å². The summed E-state index contributed by atoms with van der Waals surface area (Å²) < 4.78 is 16.6. The number of rotatable bonds is 11. The van der Waals surface area contributed by atoms with Crippen molar-refractivity contribution in [2.24, 2.45) is 11.7 Å². The predicted octanol–water partition coefficient (Wildman–Crippen LogP) is 2.60. The highest BCUT2D eigenvalue weighted by Gasteiger charge is 2.00. The number of hydrogen-bond acceptors (Lipinski definition) is 4. The molecule has 0 heterocycles. The second-order valence-corrected chi connectivity index (χ2v) is 5.09. The zero-order chi connectivity index (χ0) is 14.6. The number of nitrogens with two attached hydrogens (primary N) is 1. The van der Waals surface area contributed by atoms with E-state index >= 15 is 0 Å². The lowest BCUT2D eigenvalue weighted by Gasteiger charge is -2.10. The molecule has 1 rings (SSSR count). The molecule has 0 saturated carbocycles. The van der Waals surface area contributed by atoms with Crippen LogP contribution in [0.15, 0.2) is 24.3 Å². The average molecular weight is 281 g/mol. The van der Waals surface area contributed by atoms with E-state index in [0.29, 0.717) is 38.9 Å². The lowest BCUT2D eigenvalue weighted by atomic mass is 10.2. The van der Waals surface area contributed by atoms with E-state index in [1.807, 2.05) is 24.3 Å². The van der Waals surface area contributed by atoms with Crippen LogP contribution in [0.2, 0.25) is 0 Å². The fraction of sp³-hybridized carbons (Fsp3) is 0.625. The minimum Gasteiger partial charge on any atom is -0.493 e. The van der Waals surface area contributed by atoms with E-state index in [2.05, 4.69) is 13.8 Å². The number of para-hydroxylation sites is 1. The Kier molecular flexibility index (Phi) is 9.04. The van der Waals surface area contributed by atoms with Crippen LogP contribution in [-0.4, -0.2) is 33.0 Å². The van der Waals surface area contributed by atoms with Gasteiger partial charge < -0.3 is 19.9 Å². The van der Waals surface area contributed by atoms with Crippen molar-refractivity contribution < 1.29 is 14.2 Å². The number of ether oxygens (including phenoxy) is 3. The van der Waals surface area contributed by atoms with Crippen molar-refractivity contribution in [2.45, 2.75) is 26.8 Å². The van der Waals surface area contributed by atoms with Crippen molar-refractivity contribution in [3.63, 3.8) is 0 Å². The monoisotopic (exact) mass is 281 g/mol. The van der Waals surface area contributed by atoms with Crippen molar-refractivity contribution in [3.8, 4) is 5.75 Å². The molecule has 0 aromatic heterocycles. The summed E-state index contributed by atoms with van der Waals surface area (Å²) in [7, 11) is 0. The van der Waals surface area contributed by atoms with Crippen LogP contribution in [0.1, 0.15) is 25.8 Å². The van der Waals surface area contributed by atoms with Gasteiger partial charge in [0, 0.05) is 31.7 Å². The van der Waals surface area contributed by atoms with Crippen molar-refractivity contribution >= 4 is 0 Å². The molecule has 4 heteroatoms. The van der Waals surface area contributed by atoms with Crippen LogP contribution in [0.4, 0.5) is 0 Å². The molecule has 0 fully saturated rings. The minimum atomic E-state index is 0.500. The maximum absolute atomic E-state index is 5.70. The predicted molar refractivity (Wildman–Crippen MR) is 80.9 cm³/mol. The molecular weight excluding hydrogens is 254 g/mol. The first kappa shape index (κ1) is 17.0. The van der Waals surface area contributed by atoms with Gasteiger partial charge in [-0.3, -0.25) is 0 Å². The lowest BCUT2D eigenvalue weighted by Crippen LogP contribution is -2.10. The molecule has 0 amide bonds. The summed E-state index contributed by atoms with van der Waals surface area (Å²) in [6.45, 7) is 8.21. The van der Waals surface area contributed by atoms with Crippen molar-refractivity contribution in [1.29, 1.82) is 0 Å². The second-order valence-electron chi connectivity index (χ2n) is 5.09. The van der Waals surface area contributed by atoms with Crippen LogP contribution in [0, 0.1) is 5.92 Å². The first-order valence-electron chi connectivity index (χ1n) is 7.30. The van der Waals surface area contributed by atoms with Gasteiger partial charge in [0.05, 0.1) is 19.8 Å². The molecule has 0 bridgehead atoms. The fourth-order valence-electron chi connectivity index (χ4n) is 1.70. The Morgan fingerprint density at radius 1 is 1.00 bits per heavy atom. The van der Waals surface area contributed by atoms with Gasteiger partial charge in [0.1, 0.15) is 5.75 Å². The maximum Gasteiger partial charge on any atom is 0.123 e. The van der Waals surface area contributed by atoms with Gasteiger partial charge in [0.25, 0.3) is 0 Å². The third kappa shape index (κ3) is 7.48. The Balaban J connectivity index is 1.99. The topological polar surface area (TPSA) is 53.7 Å². The van der Waals surface area contributed by atoms with Gasteiger partial charge in [0.2, 0.25) is 0 Å². The average Bonchev–Trinajstić information content (AvgIpc) is 2.45. The Bertz CT molecular complexity index is 355. The Hall–Kier alpha value is -1.10. The molecule has 114 valence electrons. The van der Waals surface area contributed by atoms with Crippen molar-refractivity contribution in [3.05, 3.63) is 29.8 Å². The van der Waals surface area contributed by atoms with Crippen LogP contribution >= 0.6 is 0 Å². The molecule has 0 spiro atoms. The highest BCUT2D eigenvalue weighted by atomic mass is 16.5. The molecular formula is C16H27NO3. The lowest BCUT2D eigenvalue weighted by molar-refractivity contribution is 0.0343. The summed E-state index contributed by atoms with van der Waals surface area (Å²) in [6, 6.07) is 7.85. The summed E-state index contributed by atoms with van der Waals surface area (Å²) in [5.41, 5.74) is 6.69. The SMILES string of the molecule is CC(C)COCCOCCCOc1ccccc1CN. The Labute approximate surface area is 122 Å². The largest absolute Gasteiger partial charge is 0.493 e. The molecule has 0 saturated heterocycles. The van der Waals surface area contributed by atoms with Crippen LogP contribution in [0.3, 0.4) is 0 Å². The van der Waals surface area contributed by atoms with E-state index in [-0.39, 0.29) is 0 Å². The van der Waals surface area contributed by atoms with Crippen LogP contribution < -0.4 is 10.5 Å².